The molecule has 7 heteroatoms. The van der Waals surface area contributed by atoms with E-state index in [0.717, 1.165) is 50.5 Å². The molecule has 0 spiro atoms. The van der Waals surface area contributed by atoms with Gasteiger partial charge in [-0.15, -0.1) is 0 Å². The van der Waals surface area contributed by atoms with E-state index in [9.17, 15) is 9.59 Å². The molecule has 1 saturated heterocycles. The maximum absolute atomic E-state index is 14.0. The van der Waals surface area contributed by atoms with E-state index >= 15 is 0 Å². The number of benzene rings is 2. The molecule has 1 atom stereocenters. The highest BCUT2D eigenvalue weighted by Gasteiger charge is 2.49. The third kappa shape index (κ3) is 6.37. The Bertz CT molecular complexity index is 1110. The summed E-state index contributed by atoms with van der Waals surface area (Å²) in [7, 11) is 0. The van der Waals surface area contributed by atoms with Crippen LogP contribution in [0.2, 0.25) is 0 Å². The van der Waals surface area contributed by atoms with E-state index in [1.807, 2.05) is 47.4 Å². The fourth-order valence-electron chi connectivity index (χ4n) is 5.48. The second kappa shape index (κ2) is 12.9. The van der Waals surface area contributed by atoms with Gasteiger partial charge in [-0.1, -0.05) is 75.6 Å². The van der Waals surface area contributed by atoms with Crippen LogP contribution in [0.5, 0.6) is 5.75 Å². The molecule has 2 heterocycles. The zero-order valence-electron chi connectivity index (χ0n) is 22.9. The molecule has 1 unspecified atom stereocenters. The van der Waals surface area contributed by atoms with Crippen LogP contribution in [0.3, 0.4) is 0 Å². The van der Waals surface area contributed by atoms with Gasteiger partial charge < -0.3 is 15.4 Å². The smallest absolute Gasteiger partial charge is 0.261 e. The van der Waals surface area contributed by atoms with Crippen molar-refractivity contribution in [3.8, 4) is 5.75 Å². The van der Waals surface area contributed by atoms with Gasteiger partial charge in [0.2, 0.25) is 0 Å². The predicted molar refractivity (Wildman–Crippen MR) is 151 cm³/mol. The van der Waals surface area contributed by atoms with E-state index in [0.29, 0.717) is 37.8 Å². The molecule has 0 bridgehead atoms. The number of carbonyl (C=O) groups is 2. The molecule has 4 rings (SSSR count). The number of aryl methyl sites for hydroxylation is 1. The zero-order chi connectivity index (χ0) is 27.0. The van der Waals surface area contributed by atoms with Crippen molar-refractivity contribution in [1.82, 2.24) is 9.80 Å². The number of aliphatic imine (C=N–C) groups is 1. The molecule has 7 nitrogen and oxygen atoms in total. The number of ether oxygens (including phenoxy) is 1. The van der Waals surface area contributed by atoms with E-state index in [1.54, 1.807) is 4.90 Å². The van der Waals surface area contributed by atoms with Crippen molar-refractivity contribution in [2.75, 3.05) is 26.2 Å². The Labute approximate surface area is 227 Å². The van der Waals surface area contributed by atoms with Gasteiger partial charge in [-0.25, -0.2) is 4.99 Å². The second-order valence-electron chi connectivity index (χ2n) is 10.6. The number of hydrogen-bond acceptors (Lipinski definition) is 5. The second-order valence-corrected chi connectivity index (χ2v) is 10.6. The van der Waals surface area contributed by atoms with Crippen LogP contribution in [-0.2, 0) is 21.5 Å². The van der Waals surface area contributed by atoms with E-state index in [4.69, 9.17) is 15.5 Å². The highest BCUT2D eigenvalue weighted by atomic mass is 16.5. The quantitative estimate of drug-likeness (QED) is 0.433. The minimum absolute atomic E-state index is 0.00725. The summed E-state index contributed by atoms with van der Waals surface area (Å²) in [4.78, 5) is 35.1. The summed E-state index contributed by atoms with van der Waals surface area (Å²) in [6.07, 6.45) is 7.45. The molecule has 1 fully saturated rings. The summed E-state index contributed by atoms with van der Waals surface area (Å²) in [5.41, 5.74) is 7.69. The number of unbranched alkanes of at least 4 members (excludes halogenated alkanes) is 2. The predicted octanol–water partition coefficient (Wildman–Crippen LogP) is 4.89. The molecule has 2 aromatic carbocycles. The van der Waals surface area contributed by atoms with Crippen LogP contribution in [0.15, 0.2) is 59.6 Å². The first-order valence-electron chi connectivity index (χ1n) is 14.2. The van der Waals surface area contributed by atoms with Crippen molar-refractivity contribution in [1.29, 1.82) is 0 Å². The molecule has 0 aromatic heterocycles. The number of guanidine groups is 1. The van der Waals surface area contributed by atoms with Gasteiger partial charge in [-0.05, 0) is 61.3 Å². The van der Waals surface area contributed by atoms with Crippen LogP contribution in [0, 0.1) is 5.92 Å². The zero-order valence-corrected chi connectivity index (χ0v) is 22.9. The molecule has 204 valence electrons. The van der Waals surface area contributed by atoms with Crippen molar-refractivity contribution in [2.24, 2.45) is 16.6 Å². The number of nitrogens with two attached hydrogens (primary N) is 1. The lowest BCUT2D eigenvalue weighted by atomic mass is 9.83. The van der Waals surface area contributed by atoms with E-state index < -0.39 is 5.54 Å². The monoisotopic (exact) mass is 518 g/mol. The van der Waals surface area contributed by atoms with Crippen LogP contribution in [0.25, 0.3) is 0 Å². The first kappa shape index (κ1) is 27.7. The van der Waals surface area contributed by atoms with E-state index in [2.05, 4.69) is 26.0 Å². The van der Waals surface area contributed by atoms with Gasteiger partial charge >= 0.3 is 0 Å². The fourth-order valence-corrected chi connectivity index (χ4v) is 5.48. The number of piperidine rings is 1. The average molecular weight is 519 g/mol. The lowest BCUT2D eigenvalue weighted by molar-refractivity contribution is -0.136. The number of amides is 2. The lowest BCUT2D eigenvalue weighted by Crippen LogP contribution is -2.48. The third-order valence-electron chi connectivity index (χ3n) is 7.81. The van der Waals surface area contributed by atoms with Gasteiger partial charge in [0, 0.05) is 19.6 Å². The Kier molecular flexibility index (Phi) is 9.43. The summed E-state index contributed by atoms with van der Waals surface area (Å²) in [5, 5.41) is 0. The molecule has 0 radical (unpaired) electrons. The van der Waals surface area contributed by atoms with Gasteiger partial charge in [-0.3, -0.25) is 14.5 Å². The fraction of sp³-hybridized carbons (Fsp3) is 0.516. The minimum atomic E-state index is -0.937. The van der Waals surface area contributed by atoms with Gasteiger partial charge in [0.25, 0.3) is 11.8 Å². The first-order valence-corrected chi connectivity index (χ1v) is 14.2. The molecule has 38 heavy (non-hydrogen) atoms. The third-order valence-corrected chi connectivity index (χ3v) is 7.81. The number of nitrogens with zero attached hydrogens (tertiary/aromatic N) is 3. The van der Waals surface area contributed by atoms with Crippen LogP contribution in [0.4, 0.5) is 0 Å². The molecule has 2 aliphatic heterocycles. The Morgan fingerprint density at radius 3 is 2.50 bits per heavy atom. The van der Waals surface area contributed by atoms with Gasteiger partial charge in [0.05, 0.1) is 0 Å². The van der Waals surface area contributed by atoms with Crippen molar-refractivity contribution >= 4 is 17.8 Å². The lowest BCUT2D eigenvalue weighted by Gasteiger charge is -2.34. The van der Waals surface area contributed by atoms with Gasteiger partial charge in [0.15, 0.2) is 18.1 Å². The van der Waals surface area contributed by atoms with Crippen LogP contribution < -0.4 is 10.5 Å². The van der Waals surface area contributed by atoms with Crippen LogP contribution in [0.1, 0.15) is 69.9 Å². The van der Waals surface area contributed by atoms with Crippen molar-refractivity contribution in [3.63, 3.8) is 0 Å². The van der Waals surface area contributed by atoms with Crippen molar-refractivity contribution in [3.05, 3.63) is 65.7 Å². The molecule has 2 amide bonds. The molecule has 2 aromatic rings. The van der Waals surface area contributed by atoms with E-state index in [1.165, 1.54) is 5.56 Å². The Morgan fingerprint density at radius 2 is 1.79 bits per heavy atom. The standard InChI is InChI=1S/C31H42N4O3/c1-3-5-11-24-12-10-13-26(21-24)31(18-6-4-2)29(37)35(30(32)33-31)22-25-16-19-34(20-17-25)28(36)23-38-27-14-8-7-9-15-27/h7-10,12-15,21,25H,3-6,11,16-20,22-23H2,1-2H3,(H2,32,33). The molecular weight excluding hydrogens is 476 g/mol. The normalized spacial score (nSPS) is 20.1. The Balaban J connectivity index is 1.38. The first-order chi connectivity index (χ1) is 18.5. The highest BCUT2D eigenvalue weighted by molar-refractivity contribution is 6.07. The van der Waals surface area contributed by atoms with Gasteiger partial charge in [-0.2, -0.15) is 0 Å². The highest BCUT2D eigenvalue weighted by Crippen LogP contribution is 2.39. The summed E-state index contributed by atoms with van der Waals surface area (Å²) in [5.74, 6) is 1.27. The number of rotatable bonds is 12. The topological polar surface area (TPSA) is 88.2 Å². The molecule has 0 aliphatic carbocycles. The van der Waals surface area contributed by atoms with Gasteiger partial charge in [0.1, 0.15) is 5.75 Å². The summed E-state index contributed by atoms with van der Waals surface area (Å²) < 4.78 is 5.63. The Morgan fingerprint density at radius 1 is 1.05 bits per heavy atom. The van der Waals surface area contributed by atoms with Crippen LogP contribution in [-0.4, -0.2) is 53.8 Å². The number of para-hydroxylation sites is 1. The summed E-state index contributed by atoms with van der Waals surface area (Å²) in [6.45, 7) is 6.21. The molecule has 2 aliphatic rings. The maximum atomic E-state index is 14.0. The minimum Gasteiger partial charge on any atom is -0.484 e. The Hall–Kier alpha value is -3.35. The largest absolute Gasteiger partial charge is 0.484 e. The average Bonchev–Trinajstić information content (AvgIpc) is 3.19. The summed E-state index contributed by atoms with van der Waals surface area (Å²) in [6, 6.07) is 17.8. The molecular formula is C31H42N4O3. The van der Waals surface area contributed by atoms with Crippen molar-refractivity contribution < 1.29 is 14.3 Å². The summed E-state index contributed by atoms with van der Waals surface area (Å²) >= 11 is 0. The number of carbonyl (C=O) groups excluding carboxylic acids is 2. The number of hydrogen-bond donors (Lipinski definition) is 1. The SMILES string of the molecule is CCCCc1cccc(C2(CCCC)N=C(N)N(CC3CCN(C(=O)COc4ccccc4)CC3)C2=O)c1. The molecule has 2 N–H and O–H groups in total. The van der Waals surface area contributed by atoms with E-state index in [-0.39, 0.29) is 24.3 Å². The van der Waals surface area contributed by atoms with Crippen molar-refractivity contribution in [2.45, 2.75) is 70.8 Å². The maximum Gasteiger partial charge on any atom is 0.261 e. The molecule has 0 saturated carbocycles. The van der Waals surface area contributed by atoms with Crippen LogP contribution >= 0.6 is 0 Å². The number of likely N-dealkylation sites (tertiary alicyclic amines) is 1.